The van der Waals surface area contributed by atoms with E-state index in [-0.39, 0.29) is 5.25 Å². The van der Waals surface area contributed by atoms with E-state index < -0.39 is 0 Å². The Morgan fingerprint density at radius 2 is 2.18 bits per heavy atom. The van der Waals surface area contributed by atoms with Gasteiger partial charge in [-0.25, -0.2) is 9.97 Å². The van der Waals surface area contributed by atoms with Crippen molar-refractivity contribution in [3.05, 3.63) is 41.6 Å². The van der Waals surface area contributed by atoms with Gasteiger partial charge < -0.3 is 10.2 Å². The van der Waals surface area contributed by atoms with Gasteiger partial charge in [0.2, 0.25) is 0 Å². The van der Waals surface area contributed by atoms with Crippen molar-refractivity contribution in [1.82, 2.24) is 9.97 Å². The third-order valence-corrected chi connectivity index (χ3v) is 3.43. The predicted octanol–water partition coefficient (Wildman–Crippen LogP) is 2.48. The first-order chi connectivity index (χ1) is 8.19. The van der Waals surface area contributed by atoms with Crippen LogP contribution in [0.25, 0.3) is 0 Å². The number of rotatable bonds is 4. The van der Waals surface area contributed by atoms with Gasteiger partial charge in [0.05, 0.1) is 5.25 Å². The van der Waals surface area contributed by atoms with Gasteiger partial charge in [-0.3, -0.25) is 0 Å². The number of furan rings is 1. The number of aryl methyl sites for hydroxylation is 2. The lowest BCUT2D eigenvalue weighted by atomic mass is 10.3. The van der Waals surface area contributed by atoms with Crippen LogP contribution in [0.1, 0.15) is 22.5 Å². The van der Waals surface area contributed by atoms with Gasteiger partial charge in [-0.05, 0) is 32.0 Å². The van der Waals surface area contributed by atoms with Gasteiger partial charge in [0.1, 0.15) is 11.5 Å². The van der Waals surface area contributed by atoms with Gasteiger partial charge in [-0.1, -0.05) is 11.8 Å². The van der Waals surface area contributed by atoms with Crippen LogP contribution in [0.2, 0.25) is 0 Å². The van der Waals surface area contributed by atoms with E-state index >= 15 is 0 Å². The minimum Gasteiger partial charge on any atom is -0.465 e. The Balaban J connectivity index is 2.15. The van der Waals surface area contributed by atoms with Crippen LogP contribution in [0.15, 0.2) is 34.0 Å². The Morgan fingerprint density at radius 3 is 2.76 bits per heavy atom. The first-order valence-electron chi connectivity index (χ1n) is 5.41. The monoisotopic (exact) mass is 249 g/mol. The van der Waals surface area contributed by atoms with E-state index in [1.54, 1.807) is 6.20 Å². The van der Waals surface area contributed by atoms with Crippen LogP contribution in [-0.4, -0.2) is 16.5 Å². The number of hydrogen-bond acceptors (Lipinski definition) is 5. The summed E-state index contributed by atoms with van der Waals surface area (Å²) in [5, 5.41) is 0.792. The molecular formula is C12H15N3OS. The molecule has 1 atom stereocenters. The summed E-state index contributed by atoms with van der Waals surface area (Å²) in [5.41, 5.74) is 6.72. The van der Waals surface area contributed by atoms with Crippen LogP contribution in [-0.2, 0) is 0 Å². The maximum atomic E-state index is 5.76. The summed E-state index contributed by atoms with van der Waals surface area (Å²) in [4.78, 5) is 8.56. The topological polar surface area (TPSA) is 64.9 Å². The normalized spacial score (nSPS) is 12.6. The van der Waals surface area contributed by atoms with Crippen LogP contribution in [0.3, 0.4) is 0 Å². The molecule has 0 spiro atoms. The van der Waals surface area contributed by atoms with Crippen molar-refractivity contribution < 1.29 is 4.42 Å². The molecule has 0 fully saturated rings. The van der Waals surface area contributed by atoms with Crippen molar-refractivity contribution in [3.63, 3.8) is 0 Å². The minimum absolute atomic E-state index is 0.0606. The van der Waals surface area contributed by atoms with Gasteiger partial charge in [0, 0.05) is 18.4 Å². The van der Waals surface area contributed by atoms with Crippen LogP contribution >= 0.6 is 11.8 Å². The van der Waals surface area contributed by atoms with Gasteiger partial charge in [0.15, 0.2) is 5.16 Å². The molecule has 0 bridgehead atoms. The predicted molar refractivity (Wildman–Crippen MR) is 67.9 cm³/mol. The third kappa shape index (κ3) is 3.08. The molecule has 0 amide bonds. The average molecular weight is 249 g/mol. The van der Waals surface area contributed by atoms with Crippen molar-refractivity contribution in [1.29, 1.82) is 0 Å². The molecular weight excluding hydrogens is 234 g/mol. The van der Waals surface area contributed by atoms with Crippen LogP contribution in [0, 0.1) is 13.8 Å². The lowest BCUT2D eigenvalue weighted by molar-refractivity contribution is 0.481. The number of thioether (sulfide) groups is 1. The van der Waals surface area contributed by atoms with Crippen molar-refractivity contribution in [2.45, 2.75) is 24.3 Å². The molecule has 2 aromatic heterocycles. The first-order valence-corrected chi connectivity index (χ1v) is 6.29. The second kappa shape index (κ2) is 5.33. The number of nitrogens with zero attached hydrogens (tertiary/aromatic N) is 2. The Labute approximate surface area is 105 Å². The lowest BCUT2D eigenvalue weighted by Crippen LogP contribution is -2.09. The molecule has 1 unspecified atom stereocenters. The van der Waals surface area contributed by atoms with Crippen LogP contribution < -0.4 is 5.73 Å². The molecule has 2 heterocycles. The Hall–Kier alpha value is -1.33. The van der Waals surface area contributed by atoms with E-state index in [4.69, 9.17) is 10.2 Å². The molecule has 2 aromatic rings. The highest BCUT2D eigenvalue weighted by molar-refractivity contribution is 7.99. The zero-order valence-electron chi connectivity index (χ0n) is 9.88. The maximum Gasteiger partial charge on any atom is 0.188 e. The molecule has 0 aromatic carbocycles. The second-order valence-electron chi connectivity index (χ2n) is 3.77. The molecule has 17 heavy (non-hydrogen) atoms. The molecule has 90 valence electrons. The Bertz CT molecular complexity index is 498. The average Bonchev–Trinajstić information content (AvgIpc) is 2.73. The molecule has 2 N–H and O–H groups in total. The SMILES string of the molecule is Cc1ccnc(SC(CN)c2ccc(C)o2)n1. The van der Waals surface area contributed by atoms with Crippen molar-refractivity contribution >= 4 is 11.8 Å². The second-order valence-corrected chi connectivity index (χ2v) is 4.94. The summed E-state index contributed by atoms with van der Waals surface area (Å²) in [7, 11) is 0. The quantitative estimate of drug-likeness (QED) is 0.666. The summed E-state index contributed by atoms with van der Waals surface area (Å²) in [6, 6.07) is 5.77. The van der Waals surface area contributed by atoms with Crippen molar-refractivity contribution in [3.8, 4) is 0 Å². The molecule has 0 saturated heterocycles. The molecule has 2 rings (SSSR count). The van der Waals surface area contributed by atoms with Gasteiger partial charge in [0.25, 0.3) is 0 Å². The van der Waals surface area contributed by atoms with E-state index in [0.29, 0.717) is 6.54 Å². The molecule has 0 aliphatic carbocycles. The van der Waals surface area contributed by atoms with Crippen molar-refractivity contribution in [2.75, 3.05) is 6.54 Å². The van der Waals surface area contributed by atoms with Gasteiger partial charge >= 0.3 is 0 Å². The Morgan fingerprint density at radius 1 is 1.35 bits per heavy atom. The molecule has 0 saturated carbocycles. The van der Waals surface area contributed by atoms with E-state index in [2.05, 4.69) is 9.97 Å². The molecule has 0 aliphatic heterocycles. The minimum atomic E-state index is 0.0606. The van der Waals surface area contributed by atoms with Crippen molar-refractivity contribution in [2.24, 2.45) is 5.73 Å². The number of nitrogens with two attached hydrogens (primary N) is 1. The third-order valence-electron chi connectivity index (χ3n) is 2.31. The number of hydrogen-bond donors (Lipinski definition) is 1. The van der Waals surface area contributed by atoms with E-state index in [1.807, 2.05) is 32.0 Å². The summed E-state index contributed by atoms with van der Waals surface area (Å²) in [6.07, 6.45) is 1.76. The van der Waals surface area contributed by atoms with E-state index in [9.17, 15) is 0 Å². The van der Waals surface area contributed by atoms with E-state index in [0.717, 1.165) is 22.4 Å². The number of aromatic nitrogens is 2. The van der Waals surface area contributed by atoms with Gasteiger partial charge in [-0.2, -0.15) is 0 Å². The summed E-state index contributed by atoms with van der Waals surface area (Å²) in [6.45, 7) is 4.36. The lowest BCUT2D eigenvalue weighted by Gasteiger charge is -2.10. The first kappa shape index (κ1) is 12.1. The fourth-order valence-electron chi connectivity index (χ4n) is 1.46. The fraction of sp³-hybridized carbons (Fsp3) is 0.333. The summed E-state index contributed by atoms with van der Waals surface area (Å²) in [5.74, 6) is 1.77. The van der Waals surface area contributed by atoms with Crippen LogP contribution in [0.4, 0.5) is 0 Å². The smallest absolute Gasteiger partial charge is 0.188 e. The highest BCUT2D eigenvalue weighted by Crippen LogP contribution is 2.33. The summed E-state index contributed by atoms with van der Waals surface area (Å²) < 4.78 is 5.58. The highest BCUT2D eigenvalue weighted by atomic mass is 32.2. The molecule has 5 heteroatoms. The largest absolute Gasteiger partial charge is 0.465 e. The van der Waals surface area contributed by atoms with Crippen LogP contribution in [0.5, 0.6) is 0 Å². The summed E-state index contributed by atoms with van der Waals surface area (Å²) >= 11 is 1.53. The molecule has 0 aliphatic rings. The van der Waals surface area contributed by atoms with Gasteiger partial charge in [-0.15, -0.1) is 0 Å². The zero-order chi connectivity index (χ0) is 12.3. The highest BCUT2D eigenvalue weighted by Gasteiger charge is 2.16. The molecule has 0 radical (unpaired) electrons. The van der Waals surface area contributed by atoms with E-state index in [1.165, 1.54) is 11.8 Å². The zero-order valence-corrected chi connectivity index (χ0v) is 10.7. The standard InChI is InChI=1S/C12H15N3OS/c1-8-5-6-14-12(15-8)17-11(7-13)10-4-3-9(2)16-10/h3-6,11H,7,13H2,1-2H3. The molecule has 4 nitrogen and oxygen atoms in total. The Kier molecular flexibility index (Phi) is 3.81. The maximum absolute atomic E-state index is 5.76. The fourth-order valence-corrected chi connectivity index (χ4v) is 2.37.